The lowest BCUT2D eigenvalue weighted by atomic mass is 10.1. The third-order valence-electron chi connectivity index (χ3n) is 4.19. The molecule has 0 atom stereocenters. The van der Waals surface area contributed by atoms with Crippen molar-refractivity contribution in [2.24, 2.45) is 0 Å². The lowest BCUT2D eigenvalue weighted by Crippen LogP contribution is -2.25. The van der Waals surface area contributed by atoms with Gasteiger partial charge < -0.3 is 19.2 Å². The highest BCUT2D eigenvalue weighted by atomic mass is 16.7. The molecule has 0 bridgehead atoms. The van der Waals surface area contributed by atoms with Crippen LogP contribution in [0.15, 0.2) is 46.9 Å². The molecule has 2 heterocycles. The van der Waals surface area contributed by atoms with Gasteiger partial charge in [0.25, 0.3) is 5.91 Å². The first-order chi connectivity index (χ1) is 11.7. The lowest BCUT2D eigenvalue weighted by molar-refractivity contribution is 0.0928. The molecule has 24 heavy (non-hydrogen) atoms. The maximum absolute atomic E-state index is 12.4. The summed E-state index contributed by atoms with van der Waals surface area (Å²) in [5.41, 5.74) is 2.68. The summed E-state index contributed by atoms with van der Waals surface area (Å²) in [6, 6.07) is 13.5. The van der Waals surface area contributed by atoms with E-state index < -0.39 is 0 Å². The average Bonchev–Trinajstić information content (AvgIpc) is 3.19. The quantitative estimate of drug-likeness (QED) is 0.799. The van der Waals surface area contributed by atoms with Gasteiger partial charge in [-0.2, -0.15) is 0 Å². The van der Waals surface area contributed by atoms with Crippen LogP contribution in [0.3, 0.4) is 0 Å². The zero-order chi connectivity index (χ0) is 16.5. The molecule has 0 fully saturated rings. The van der Waals surface area contributed by atoms with Crippen molar-refractivity contribution < 1.29 is 18.7 Å². The molecule has 0 unspecified atom stereocenters. The van der Waals surface area contributed by atoms with E-state index in [-0.39, 0.29) is 12.7 Å². The summed E-state index contributed by atoms with van der Waals surface area (Å²) in [5, 5.41) is 3.88. The van der Waals surface area contributed by atoms with Crippen LogP contribution in [-0.4, -0.2) is 19.2 Å². The minimum Gasteiger partial charge on any atom is -0.454 e. The minimum atomic E-state index is -0.190. The van der Waals surface area contributed by atoms with E-state index in [1.165, 1.54) is 0 Å². The van der Waals surface area contributed by atoms with Crippen molar-refractivity contribution in [2.75, 3.05) is 13.3 Å². The van der Waals surface area contributed by atoms with Gasteiger partial charge in [0, 0.05) is 17.5 Å². The van der Waals surface area contributed by atoms with Gasteiger partial charge in [-0.05, 0) is 37.1 Å². The summed E-state index contributed by atoms with van der Waals surface area (Å²) in [7, 11) is 0. The monoisotopic (exact) mass is 323 g/mol. The zero-order valence-electron chi connectivity index (χ0n) is 13.3. The molecule has 4 rings (SSSR count). The van der Waals surface area contributed by atoms with E-state index in [9.17, 15) is 4.79 Å². The van der Waals surface area contributed by atoms with Gasteiger partial charge in [0.1, 0.15) is 5.58 Å². The maximum atomic E-state index is 12.4. The molecule has 1 N–H and O–H groups in total. The fourth-order valence-electron chi connectivity index (χ4n) is 2.89. The van der Waals surface area contributed by atoms with Crippen LogP contribution < -0.4 is 14.8 Å². The Balaban J connectivity index is 1.42. The van der Waals surface area contributed by atoms with Crippen molar-refractivity contribution in [3.63, 3.8) is 0 Å². The fourth-order valence-corrected chi connectivity index (χ4v) is 2.89. The first-order valence-electron chi connectivity index (χ1n) is 7.87. The van der Waals surface area contributed by atoms with Crippen LogP contribution in [0, 0.1) is 6.92 Å². The Morgan fingerprint density at radius 3 is 2.83 bits per heavy atom. The molecule has 3 aromatic rings. The second-order valence-corrected chi connectivity index (χ2v) is 5.75. The number of nitrogens with one attached hydrogen (secondary N) is 1. The van der Waals surface area contributed by atoms with Crippen molar-refractivity contribution in [3.8, 4) is 11.5 Å². The molecule has 1 aliphatic heterocycles. The number of furan rings is 1. The van der Waals surface area contributed by atoms with Crippen LogP contribution in [-0.2, 0) is 6.42 Å². The highest BCUT2D eigenvalue weighted by Crippen LogP contribution is 2.32. The topological polar surface area (TPSA) is 60.7 Å². The smallest absolute Gasteiger partial charge is 0.287 e. The third kappa shape index (κ3) is 2.58. The van der Waals surface area contributed by atoms with E-state index in [1.54, 1.807) is 0 Å². The zero-order valence-corrected chi connectivity index (χ0v) is 13.3. The molecule has 5 heteroatoms. The molecular weight excluding hydrogens is 306 g/mol. The molecular formula is C19H17NO4. The summed E-state index contributed by atoms with van der Waals surface area (Å²) >= 11 is 0. The molecule has 1 aromatic heterocycles. The van der Waals surface area contributed by atoms with Crippen LogP contribution in [0.4, 0.5) is 0 Å². The van der Waals surface area contributed by atoms with Crippen LogP contribution in [0.25, 0.3) is 11.0 Å². The Morgan fingerprint density at radius 2 is 1.96 bits per heavy atom. The molecule has 0 aliphatic carbocycles. The molecule has 5 nitrogen and oxygen atoms in total. The van der Waals surface area contributed by atoms with Gasteiger partial charge in [-0.1, -0.05) is 24.3 Å². The molecule has 2 aromatic carbocycles. The van der Waals surface area contributed by atoms with Crippen molar-refractivity contribution >= 4 is 16.9 Å². The average molecular weight is 323 g/mol. The number of carbonyl (C=O) groups is 1. The van der Waals surface area contributed by atoms with Gasteiger partial charge in [-0.25, -0.2) is 0 Å². The van der Waals surface area contributed by atoms with Crippen molar-refractivity contribution in [1.82, 2.24) is 5.32 Å². The predicted octanol–water partition coefficient (Wildman–Crippen LogP) is 3.44. The number of fused-ring (bicyclic) bond motifs is 2. The number of benzene rings is 2. The Bertz CT molecular complexity index is 913. The van der Waals surface area contributed by atoms with Gasteiger partial charge in [-0.3, -0.25) is 4.79 Å². The number of amides is 1. The Morgan fingerprint density at radius 1 is 1.12 bits per heavy atom. The first-order valence-corrected chi connectivity index (χ1v) is 7.87. The van der Waals surface area contributed by atoms with E-state index in [0.717, 1.165) is 33.6 Å². The summed E-state index contributed by atoms with van der Waals surface area (Å²) in [4.78, 5) is 12.4. The van der Waals surface area contributed by atoms with Crippen molar-refractivity contribution in [2.45, 2.75) is 13.3 Å². The van der Waals surface area contributed by atoms with Crippen LogP contribution in [0.5, 0.6) is 11.5 Å². The first kappa shape index (κ1) is 14.6. The normalized spacial score (nSPS) is 12.5. The van der Waals surface area contributed by atoms with Gasteiger partial charge in [0.05, 0.1) is 0 Å². The second kappa shape index (κ2) is 5.92. The second-order valence-electron chi connectivity index (χ2n) is 5.75. The number of ether oxygens (including phenoxy) is 2. The van der Waals surface area contributed by atoms with Gasteiger partial charge in [0.15, 0.2) is 17.3 Å². The molecule has 1 amide bonds. The Hall–Kier alpha value is -2.95. The van der Waals surface area contributed by atoms with Gasteiger partial charge in [-0.15, -0.1) is 0 Å². The number of aryl methyl sites for hydroxylation is 1. The molecule has 122 valence electrons. The number of para-hydroxylation sites is 1. The van der Waals surface area contributed by atoms with E-state index >= 15 is 0 Å². The molecule has 0 saturated heterocycles. The minimum absolute atomic E-state index is 0.190. The van der Waals surface area contributed by atoms with E-state index in [4.69, 9.17) is 13.9 Å². The van der Waals surface area contributed by atoms with Crippen LogP contribution >= 0.6 is 0 Å². The third-order valence-corrected chi connectivity index (χ3v) is 4.19. The summed E-state index contributed by atoms with van der Waals surface area (Å²) < 4.78 is 16.3. The highest BCUT2D eigenvalue weighted by Gasteiger charge is 2.17. The van der Waals surface area contributed by atoms with Gasteiger partial charge >= 0.3 is 0 Å². The molecule has 1 aliphatic rings. The van der Waals surface area contributed by atoms with Gasteiger partial charge in [0.2, 0.25) is 6.79 Å². The number of hydrogen-bond donors (Lipinski definition) is 1. The van der Waals surface area contributed by atoms with Crippen molar-refractivity contribution in [3.05, 3.63) is 59.4 Å². The van der Waals surface area contributed by atoms with Crippen molar-refractivity contribution in [1.29, 1.82) is 0 Å². The maximum Gasteiger partial charge on any atom is 0.287 e. The summed E-state index contributed by atoms with van der Waals surface area (Å²) in [5.74, 6) is 1.71. The van der Waals surface area contributed by atoms with Crippen LogP contribution in [0.2, 0.25) is 0 Å². The van der Waals surface area contributed by atoms with Crippen LogP contribution in [0.1, 0.15) is 21.7 Å². The Labute approximate surface area is 139 Å². The predicted molar refractivity (Wildman–Crippen MR) is 89.6 cm³/mol. The standard InChI is InChI=1S/C19H17NO4/c1-12-14-4-2-3-5-15(14)24-18(12)19(21)20-9-8-13-6-7-16-17(10-13)23-11-22-16/h2-7,10H,8-9,11H2,1H3,(H,20,21). The largest absolute Gasteiger partial charge is 0.454 e. The molecule has 0 radical (unpaired) electrons. The van der Waals surface area contributed by atoms with E-state index in [0.29, 0.717) is 18.7 Å². The molecule has 0 saturated carbocycles. The lowest BCUT2D eigenvalue weighted by Gasteiger charge is -2.05. The Kier molecular flexibility index (Phi) is 3.61. The van der Waals surface area contributed by atoms with E-state index in [1.807, 2.05) is 49.4 Å². The number of rotatable bonds is 4. The van der Waals surface area contributed by atoms with E-state index in [2.05, 4.69) is 5.32 Å². The highest BCUT2D eigenvalue weighted by molar-refractivity contribution is 5.98. The number of hydrogen-bond acceptors (Lipinski definition) is 4. The number of carbonyl (C=O) groups excluding carboxylic acids is 1. The summed E-state index contributed by atoms with van der Waals surface area (Å²) in [6.45, 7) is 2.69. The molecule has 0 spiro atoms. The summed E-state index contributed by atoms with van der Waals surface area (Å²) in [6.07, 6.45) is 0.710. The fraction of sp³-hybridized carbons (Fsp3) is 0.211. The SMILES string of the molecule is Cc1c(C(=O)NCCc2ccc3c(c2)OCO3)oc2ccccc12.